The Balaban J connectivity index is 1.99. The first-order valence-electron chi connectivity index (χ1n) is 8.27. The molecule has 0 radical (unpaired) electrons. The summed E-state index contributed by atoms with van der Waals surface area (Å²) in [6.45, 7) is 5.19. The SMILES string of the molecule is CC(C)(C)C(=O)NCC1(F)CCN(c2ncc(C(F)(F)F)cc2F)CC1. The van der Waals surface area contributed by atoms with Gasteiger partial charge in [-0.2, -0.15) is 13.2 Å². The maximum atomic E-state index is 14.8. The predicted molar refractivity (Wildman–Crippen MR) is 86.9 cm³/mol. The Morgan fingerprint density at radius 2 is 1.85 bits per heavy atom. The number of halogens is 5. The van der Waals surface area contributed by atoms with Crippen molar-refractivity contribution in [3.8, 4) is 0 Å². The van der Waals surface area contributed by atoms with E-state index in [4.69, 9.17) is 0 Å². The van der Waals surface area contributed by atoms with E-state index >= 15 is 0 Å². The van der Waals surface area contributed by atoms with Crippen molar-refractivity contribution >= 4 is 11.7 Å². The fourth-order valence-corrected chi connectivity index (χ4v) is 2.62. The number of alkyl halides is 4. The minimum Gasteiger partial charge on any atom is -0.354 e. The number of hydrogen-bond acceptors (Lipinski definition) is 3. The number of rotatable bonds is 3. The van der Waals surface area contributed by atoms with Crippen LogP contribution in [0.25, 0.3) is 0 Å². The van der Waals surface area contributed by atoms with Crippen molar-refractivity contribution in [2.24, 2.45) is 5.41 Å². The molecule has 2 heterocycles. The maximum Gasteiger partial charge on any atom is 0.417 e. The zero-order chi connectivity index (χ0) is 19.8. The second-order valence-electron chi connectivity index (χ2n) is 7.60. The molecule has 1 aromatic rings. The van der Waals surface area contributed by atoms with E-state index in [2.05, 4.69) is 10.3 Å². The summed E-state index contributed by atoms with van der Waals surface area (Å²) >= 11 is 0. The second kappa shape index (κ2) is 7.00. The van der Waals surface area contributed by atoms with Gasteiger partial charge in [-0.1, -0.05) is 20.8 Å². The molecule has 0 saturated carbocycles. The van der Waals surface area contributed by atoms with Crippen LogP contribution < -0.4 is 10.2 Å². The summed E-state index contributed by atoms with van der Waals surface area (Å²) in [5.41, 5.74) is -3.44. The van der Waals surface area contributed by atoms with E-state index in [-0.39, 0.29) is 44.2 Å². The van der Waals surface area contributed by atoms with Crippen molar-refractivity contribution < 1.29 is 26.7 Å². The first kappa shape index (κ1) is 20.4. The molecule has 146 valence electrons. The number of carbonyl (C=O) groups is 1. The Morgan fingerprint density at radius 3 is 2.31 bits per heavy atom. The summed E-state index contributed by atoms with van der Waals surface area (Å²) in [4.78, 5) is 16.8. The van der Waals surface area contributed by atoms with Gasteiger partial charge in [0.05, 0.1) is 12.1 Å². The van der Waals surface area contributed by atoms with Crippen LogP contribution in [0.5, 0.6) is 0 Å². The zero-order valence-electron chi connectivity index (χ0n) is 14.9. The summed E-state index contributed by atoms with van der Waals surface area (Å²) in [5.74, 6) is -1.58. The molecule has 0 aromatic carbocycles. The van der Waals surface area contributed by atoms with Crippen LogP contribution in [0.3, 0.4) is 0 Å². The van der Waals surface area contributed by atoms with Gasteiger partial charge in [-0.05, 0) is 6.07 Å². The van der Waals surface area contributed by atoms with E-state index in [0.717, 1.165) is 0 Å². The molecule has 9 heteroatoms. The number of piperidine rings is 1. The number of pyridine rings is 1. The Labute approximate surface area is 148 Å². The second-order valence-corrected chi connectivity index (χ2v) is 7.60. The van der Waals surface area contributed by atoms with Gasteiger partial charge >= 0.3 is 6.18 Å². The molecule has 1 N–H and O–H groups in total. The molecule has 0 aliphatic carbocycles. The lowest BCUT2D eigenvalue weighted by Gasteiger charge is -2.37. The van der Waals surface area contributed by atoms with Crippen molar-refractivity contribution in [1.82, 2.24) is 10.3 Å². The standard InChI is InChI=1S/C17H22F5N3O/c1-15(2,3)14(26)24-10-16(19)4-6-25(7-5-16)13-12(18)8-11(9-23-13)17(20,21)22/h8-9H,4-7,10H2,1-3H3,(H,24,26). The van der Waals surface area contributed by atoms with Crippen molar-refractivity contribution in [1.29, 1.82) is 0 Å². The average molecular weight is 379 g/mol. The molecule has 0 bridgehead atoms. The fraction of sp³-hybridized carbons (Fsp3) is 0.647. The minimum atomic E-state index is -4.67. The zero-order valence-corrected chi connectivity index (χ0v) is 14.9. The van der Waals surface area contributed by atoms with Gasteiger partial charge in [0.15, 0.2) is 11.6 Å². The molecule has 1 aliphatic rings. The third-order valence-electron chi connectivity index (χ3n) is 4.36. The Kier molecular flexibility index (Phi) is 5.49. The lowest BCUT2D eigenvalue weighted by molar-refractivity contribution is -0.138. The third kappa shape index (κ3) is 4.82. The highest BCUT2D eigenvalue weighted by molar-refractivity contribution is 5.81. The van der Waals surface area contributed by atoms with Crippen LogP contribution in [0.2, 0.25) is 0 Å². The van der Waals surface area contributed by atoms with E-state index in [1.807, 2.05) is 0 Å². The van der Waals surface area contributed by atoms with Crippen molar-refractivity contribution in [2.45, 2.75) is 45.5 Å². The molecule has 1 amide bonds. The van der Waals surface area contributed by atoms with Gasteiger partial charge in [0.2, 0.25) is 5.91 Å². The third-order valence-corrected chi connectivity index (χ3v) is 4.36. The van der Waals surface area contributed by atoms with Gasteiger partial charge in [-0.3, -0.25) is 4.79 Å². The molecule has 26 heavy (non-hydrogen) atoms. The molecule has 2 rings (SSSR count). The molecule has 1 aliphatic heterocycles. The highest BCUT2D eigenvalue weighted by Crippen LogP contribution is 2.33. The monoisotopic (exact) mass is 379 g/mol. The Bertz CT molecular complexity index is 661. The largest absolute Gasteiger partial charge is 0.417 e. The molecule has 0 atom stereocenters. The van der Waals surface area contributed by atoms with Gasteiger partial charge in [0.25, 0.3) is 0 Å². The van der Waals surface area contributed by atoms with E-state index in [9.17, 15) is 26.7 Å². The number of hydrogen-bond donors (Lipinski definition) is 1. The molecular weight excluding hydrogens is 357 g/mol. The number of amides is 1. The molecule has 1 aromatic heterocycles. The minimum absolute atomic E-state index is 0.0135. The number of anilines is 1. The summed E-state index contributed by atoms with van der Waals surface area (Å²) in [6.07, 6.45) is -4.08. The normalized spacial score (nSPS) is 17.9. The van der Waals surface area contributed by atoms with E-state index in [1.165, 1.54) is 4.90 Å². The lowest BCUT2D eigenvalue weighted by atomic mass is 9.91. The summed E-state index contributed by atoms with van der Waals surface area (Å²) in [6, 6.07) is 0.392. The summed E-state index contributed by atoms with van der Waals surface area (Å²) in [5, 5.41) is 2.58. The summed E-state index contributed by atoms with van der Waals surface area (Å²) in [7, 11) is 0. The predicted octanol–water partition coefficient (Wildman–Crippen LogP) is 3.71. The van der Waals surface area contributed by atoms with Gasteiger partial charge in [0, 0.05) is 37.5 Å². The maximum absolute atomic E-state index is 14.8. The van der Waals surface area contributed by atoms with Crippen LogP contribution >= 0.6 is 0 Å². The molecule has 0 unspecified atom stereocenters. The van der Waals surface area contributed by atoms with Crippen LogP contribution in [0.1, 0.15) is 39.2 Å². The van der Waals surface area contributed by atoms with Gasteiger partial charge in [-0.25, -0.2) is 13.8 Å². The van der Waals surface area contributed by atoms with Crippen LogP contribution in [0.4, 0.5) is 27.8 Å². The Hall–Kier alpha value is -1.93. The topological polar surface area (TPSA) is 45.2 Å². The van der Waals surface area contributed by atoms with E-state index in [0.29, 0.717) is 12.3 Å². The van der Waals surface area contributed by atoms with Crippen LogP contribution in [-0.4, -0.2) is 36.2 Å². The highest BCUT2D eigenvalue weighted by atomic mass is 19.4. The molecule has 1 fully saturated rings. The first-order chi connectivity index (χ1) is 11.8. The summed E-state index contributed by atoms with van der Waals surface area (Å²) < 4.78 is 66.5. The Morgan fingerprint density at radius 1 is 1.27 bits per heavy atom. The van der Waals surface area contributed by atoms with Gasteiger partial charge in [-0.15, -0.1) is 0 Å². The van der Waals surface area contributed by atoms with Crippen LogP contribution in [0, 0.1) is 11.2 Å². The van der Waals surface area contributed by atoms with Crippen molar-refractivity contribution in [3.63, 3.8) is 0 Å². The van der Waals surface area contributed by atoms with Gasteiger partial charge in [0.1, 0.15) is 5.67 Å². The molecule has 4 nitrogen and oxygen atoms in total. The van der Waals surface area contributed by atoms with Crippen LogP contribution in [-0.2, 0) is 11.0 Å². The van der Waals surface area contributed by atoms with Crippen molar-refractivity contribution in [3.05, 3.63) is 23.6 Å². The average Bonchev–Trinajstić information content (AvgIpc) is 2.52. The number of nitrogens with one attached hydrogen (secondary N) is 1. The first-order valence-corrected chi connectivity index (χ1v) is 8.27. The molecule has 1 saturated heterocycles. The molecular formula is C17H22F5N3O. The number of aromatic nitrogens is 1. The smallest absolute Gasteiger partial charge is 0.354 e. The van der Waals surface area contributed by atoms with E-state index < -0.39 is 28.6 Å². The molecule has 0 spiro atoms. The van der Waals surface area contributed by atoms with Crippen molar-refractivity contribution in [2.75, 3.05) is 24.5 Å². The van der Waals surface area contributed by atoms with Crippen LogP contribution in [0.15, 0.2) is 12.3 Å². The number of carbonyl (C=O) groups excluding carboxylic acids is 1. The van der Waals surface area contributed by atoms with E-state index in [1.54, 1.807) is 20.8 Å². The number of nitrogens with zero attached hydrogens (tertiary/aromatic N) is 2. The quantitative estimate of drug-likeness (QED) is 0.815. The lowest BCUT2D eigenvalue weighted by Crippen LogP contribution is -2.50. The highest BCUT2D eigenvalue weighted by Gasteiger charge is 2.37. The van der Waals surface area contributed by atoms with Gasteiger partial charge < -0.3 is 10.2 Å². The fourth-order valence-electron chi connectivity index (χ4n) is 2.62.